The van der Waals surface area contributed by atoms with Crippen LogP contribution in [0.4, 0.5) is 0 Å². The zero-order valence-corrected chi connectivity index (χ0v) is 14.8. The first-order valence-corrected chi connectivity index (χ1v) is 9.21. The molecule has 0 aliphatic carbocycles. The maximum atomic E-state index is 11.9. The predicted molar refractivity (Wildman–Crippen MR) is 101 cm³/mol. The number of fused-ring (bicyclic) bond motifs is 1. The summed E-state index contributed by atoms with van der Waals surface area (Å²) in [5.74, 6) is 2.40. The van der Waals surface area contributed by atoms with Crippen LogP contribution in [0.15, 0.2) is 47.6 Å². The molecule has 130 valence electrons. The third-order valence-corrected chi connectivity index (χ3v) is 4.62. The van der Waals surface area contributed by atoms with Gasteiger partial charge in [0.15, 0.2) is 11.5 Å². The van der Waals surface area contributed by atoms with Gasteiger partial charge < -0.3 is 9.47 Å². The fourth-order valence-electron chi connectivity index (χ4n) is 2.35. The summed E-state index contributed by atoms with van der Waals surface area (Å²) in [7, 11) is 0. The van der Waals surface area contributed by atoms with Crippen molar-refractivity contribution in [2.45, 2.75) is 12.7 Å². The summed E-state index contributed by atoms with van der Waals surface area (Å²) in [6.45, 7) is 3.12. The van der Waals surface area contributed by atoms with Crippen molar-refractivity contribution < 1.29 is 14.3 Å². The van der Waals surface area contributed by atoms with Gasteiger partial charge in [-0.05, 0) is 24.6 Å². The molecule has 0 saturated heterocycles. The Bertz CT molecular complexity index is 760. The minimum absolute atomic E-state index is 0.129. The second-order valence-corrected chi connectivity index (χ2v) is 6.63. The van der Waals surface area contributed by atoms with Crippen LogP contribution < -0.4 is 14.9 Å². The first-order chi connectivity index (χ1) is 12.2. The molecule has 2 aromatic carbocycles. The van der Waals surface area contributed by atoms with Gasteiger partial charge in [0.25, 0.3) is 0 Å². The first kappa shape index (κ1) is 17.4. The normalized spacial score (nSPS) is 13.0. The fourth-order valence-corrected chi connectivity index (χ4v) is 3.13. The van der Waals surface area contributed by atoms with Crippen molar-refractivity contribution in [3.63, 3.8) is 0 Å². The van der Waals surface area contributed by atoms with E-state index in [-0.39, 0.29) is 5.91 Å². The van der Waals surface area contributed by atoms with Crippen LogP contribution in [-0.2, 0) is 10.5 Å². The van der Waals surface area contributed by atoms with Crippen LogP contribution in [0.25, 0.3) is 0 Å². The smallest absolute Gasteiger partial charge is 0.250 e. The van der Waals surface area contributed by atoms with Crippen LogP contribution in [0, 0.1) is 6.92 Å². The average molecular weight is 356 g/mol. The van der Waals surface area contributed by atoms with Gasteiger partial charge in [-0.2, -0.15) is 5.10 Å². The molecule has 5 nitrogen and oxygen atoms in total. The molecule has 25 heavy (non-hydrogen) atoms. The molecule has 1 aliphatic heterocycles. The van der Waals surface area contributed by atoms with Crippen molar-refractivity contribution in [1.29, 1.82) is 0 Å². The summed E-state index contributed by atoms with van der Waals surface area (Å²) in [5, 5.41) is 4.01. The van der Waals surface area contributed by atoms with Crippen LogP contribution in [0.3, 0.4) is 0 Å². The van der Waals surface area contributed by atoms with Crippen molar-refractivity contribution in [3.8, 4) is 11.5 Å². The molecular formula is C19H20N2O3S. The maximum absolute atomic E-state index is 11.9. The van der Waals surface area contributed by atoms with Crippen LogP contribution in [0.1, 0.15) is 16.7 Å². The third-order valence-electron chi connectivity index (χ3n) is 3.61. The second-order valence-electron chi connectivity index (χ2n) is 5.64. The van der Waals surface area contributed by atoms with Gasteiger partial charge in [0.1, 0.15) is 13.2 Å². The van der Waals surface area contributed by atoms with Crippen molar-refractivity contribution in [2.24, 2.45) is 5.10 Å². The van der Waals surface area contributed by atoms with Crippen molar-refractivity contribution in [1.82, 2.24) is 5.43 Å². The Labute approximate surface area is 151 Å². The minimum atomic E-state index is -0.129. The van der Waals surface area contributed by atoms with Gasteiger partial charge in [-0.15, -0.1) is 11.8 Å². The molecule has 0 saturated carbocycles. The number of carbonyl (C=O) groups excluding carboxylic acids is 1. The number of nitrogens with zero attached hydrogens (tertiary/aromatic N) is 1. The minimum Gasteiger partial charge on any atom is -0.486 e. The molecule has 6 heteroatoms. The molecule has 0 fully saturated rings. The lowest BCUT2D eigenvalue weighted by Crippen LogP contribution is -2.20. The number of hydrogen-bond acceptors (Lipinski definition) is 5. The highest BCUT2D eigenvalue weighted by atomic mass is 32.2. The summed E-state index contributed by atoms with van der Waals surface area (Å²) in [4.78, 5) is 11.9. The Hall–Kier alpha value is -2.47. The summed E-state index contributed by atoms with van der Waals surface area (Å²) in [6.07, 6.45) is 1.58. The lowest BCUT2D eigenvalue weighted by atomic mass is 10.2. The van der Waals surface area contributed by atoms with Gasteiger partial charge in [-0.1, -0.05) is 35.9 Å². The van der Waals surface area contributed by atoms with E-state index in [0.717, 1.165) is 11.3 Å². The number of thioether (sulfide) groups is 1. The van der Waals surface area contributed by atoms with Gasteiger partial charge in [-0.3, -0.25) is 4.79 Å². The van der Waals surface area contributed by atoms with E-state index in [1.807, 2.05) is 18.2 Å². The highest BCUT2D eigenvalue weighted by Crippen LogP contribution is 2.32. The largest absolute Gasteiger partial charge is 0.486 e. The number of para-hydroxylation sites is 1. The number of carbonyl (C=O) groups is 1. The van der Waals surface area contributed by atoms with E-state index in [9.17, 15) is 4.79 Å². The zero-order chi connectivity index (χ0) is 17.5. The van der Waals surface area contributed by atoms with E-state index >= 15 is 0 Å². The molecule has 3 rings (SSSR count). The van der Waals surface area contributed by atoms with E-state index in [4.69, 9.17) is 9.47 Å². The molecule has 0 unspecified atom stereocenters. The second kappa shape index (κ2) is 8.58. The summed E-state index contributed by atoms with van der Waals surface area (Å²) in [6, 6.07) is 13.9. The lowest BCUT2D eigenvalue weighted by molar-refractivity contribution is -0.118. The molecule has 0 radical (unpaired) electrons. The van der Waals surface area contributed by atoms with Crippen LogP contribution in [-0.4, -0.2) is 31.1 Å². The van der Waals surface area contributed by atoms with Crippen molar-refractivity contribution in [3.05, 3.63) is 59.2 Å². The molecule has 1 heterocycles. The Kier molecular flexibility index (Phi) is 5.95. The summed E-state index contributed by atoms with van der Waals surface area (Å²) >= 11 is 1.56. The highest BCUT2D eigenvalue weighted by molar-refractivity contribution is 7.99. The molecular weight excluding hydrogens is 336 g/mol. The van der Waals surface area contributed by atoms with Crippen LogP contribution in [0.5, 0.6) is 11.5 Å². The van der Waals surface area contributed by atoms with Gasteiger partial charge in [0.05, 0.1) is 12.0 Å². The average Bonchev–Trinajstić information content (AvgIpc) is 2.64. The number of amides is 1. The molecule has 0 spiro atoms. The van der Waals surface area contributed by atoms with Gasteiger partial charge in [0, 0.05) is 11.3 Å². The number of benzene rings is 2. The number of nitrogens with one attached hydrogen (secondary N) is 1. The van der Waals surface area contributed by atoms with E-state index in [0.29, 0.717) is 30.5 Å². The summed E-state index contributed by atoms with van der Waals surface area (Å²) < 4.78 is 11.1. The molecule has 1 N–H and O–H groups in total. The van der Waals surface area contributed by atoms with Gasteiger partial charge >= 0.3 is 0 Å². The van der Waals surface area contributed by atoms with Crippen molar-refractivity contribution >= 4 is 23.9 Å². The Morgan fingerprint density at radius 2 is 2.00 bits per heavy atom. The van der Waals surface area contributed by atoms with Crippen LogP contribution >= 0.6 is 11.8 Å². The van der Waals surface area contributed by atoms with E-state index < -0.39 is 0 Å². The first-order valence-electron chi connectivity index (χ1n) is 8.06. The fraction of sp³-hybridized carbons (Fsp3) is 0.263. The SMILES string of the molecule is Cc1ccc(CSCC(=O)NN=Cc2cccc3c2OCCO3)cc1. The van der Waals surface area contributed by atoms with E-state index in [1.54, 1.807) is 18.0 Å². The summed E-state index contributed by atoms with van der Waals surface area (Å²) in [5.41, 5.74) is 5.77. The maximum Gasteiger partial charge on any atom is 0.250 e. The molecule has 2 aromatic rings. The quantitative estimate of drug-likeness (QED) is 0.638. The number of aryl methyl sites for hydroxylation is 1. The van der Waals surface area contributed by atoms with E-state index in [2.05, 4.69) is 41.7 Å². The molecule has 1 aliphatic rings. The molecule has 0 atom stereocenters. The Morgan fingerprint density at radius 1 is 1.20 bits per heavy atom. The predicted octanol–water partition coefficient (Wildman–Crippen LogP) is 3.15. The molecule has 0 bridgehead atoms. The van der Waals surface area contributed by atoms with Gasteiger partial charge in [0.2, 0.25) is 5.91 Å². The lowest BCUT2D eigenvalue weighted by Gasteiger charge is -2.19. The van der Waals surface area contributed by atoms with Crippen molar-refractivity contribution in [2.75, 3.05) is 19.0 Å². The Morgan fingerprint density at radius 3 is 2.84 bits per heavy atom. The zero-order valence-electron chi connectivity index (χ0n) is 14.0. The Balaban J connectivity index is 1.46. The highest BCUT2D eigenvalue weighted by Gasteiger charge is 2.14. The van der Waals surface area contributed by atoms with Crippen LogP contribution in [0.2, 0.25) is 0 Å². The number of ether oxygens (including phenoxy) is 2. The monoisotopic (exact) mass is 356 g/mol. The number of hydrazone groups is 1. The molecule has 1 amide bonds. The standard InChI is InChI=1S/C19H20N2O3S/c1-14-5-7-15(8-6-14)12-25-13-18(22)21-20-11-16-3-2-4-17-19(16)24-10-9-23-17/h2-8,11H,9-10,12-13H2,1H3,(H,21,22). The van der Waals surface area contributed by atoms with E-state index in [1.165, 1.54) is 11.1 Å². The topological polar surface area (TPSA) is 59.9 Å². The van der Waals surface area contributed by atoms with Gasteiger partial charge in [-0.25, -0.2) is 5.43 Å². The third kappa shape index (κ3) is 5.00. The molecule has 0 aromatic heterocycles. The number of hydrogen-bond donors (Lipinski definition) is 1. The number of rotatable bonds is 6.